The Morgan fingerprint density at radius 3 is 0.735 bits per heavy atom. The summed E-state index contributed by atoms with van der Waals surface area (Å²) in [5, 5.41) is 0. The van der Waals surface area contributed by atoms with E-state index in [-0.39, 0.29) is 0 Å². The van der Waals surface area contributed by atoms with E-state index >= 15 is 0 Å². The molecule has 0 heteroatoms. The van der Waals surface area contributed by atoms with Crippen molar-refractivity contribution in [2.45, 2.75) is 207 Å². The molecule has 206 valence electrons. The summed E-state index contributed by atoms with van der Waals surface area (Å²) in [7, 11) is 0. The van der Waals surface area contributed by atoms with Crippen molar-refractivity contribution in [3.8, 4) is 0 Å². The molecule has 0 saturated heterocycles. The van der Waals surface area contributed by atoms with Crippen molar-refractivity contribution in [2.75, 3.05) is 0 Å². The van der Waals surface area contributed by atoms with Gasteiger partial charge in [0.2, 0.25) is 0 Å². The topological polar surface area (TPSA) is 0 Å². The Balaban J connectivity index is 3.27. The Bertz CT molecular complexity index is 346. The highest BCUT2D eigenvalue weighted by molar-refractivity contribution is 4.59. The van der Waals surface area contributed by atoms with E-state index in [4.69, 9.17) is 0 Å². The lowest BCUT2D eigenvalue weighted by Crippen LogP contribution is -1.99. The van der Waals surface area contributed by atoms with Crippen molar-refractivity contribution in [1.29, 1.82) is 0 Å². The first kappa shape index (κ1) is 34.0. The maximum absolute atomic E-state index is 2.51. The highest BCUT2D eigenvalue weighted by Gasteiger charge is 2.06. The highest BCUT2D eigenvalue weighted by Crippen LogP contribution is 2.22. The van der Waals surface area contributed by atoms with Gasteiger partial charge < -0.3 is 0 Å². The molecule has 0 aliphatic carbocycles. The SMILES string of the molecule is CCCCCCCCCCCCCCC(C)CCCC(C)CCCCCCCCCCCCC. The fraction of sp³-hybridized carbons (Fsp3) is 1.00. The monoisotopic (exact) mass is 479 g/mol. The van der Waals surface area contributed by atoms with E-state index < -0.39 is 0 Å². The van der Waals surface area contributed by atoms with Gasteiger partial charge in [-0.2, -0.15) is 0 Å². The predicted octanol–water partition coefficient (Wildman–Crippen LogP) is 13.2. The van der Waals surface area contributed by atoms with Crippen LogP contribution in [0.25, 0.3) is 0 Å². The smallest absolute Gasteiger partial charge is 0.0443 e. The molecule has 0 aromatic heterocycles. The molecule has 2 atom stereocenters. The molecule has 0 radical (unpaired) electrons. The second-order valence-electron chi connectivity index (χ2n) is 12.1. The second-order valence-corrected chi connectivity index (χ2v) is 12.1. The lowest BCUT2D eigenvalue weighted by atomic mass is 9.92. The standard InChI is InChI=1S/C34H70/c1-5-7-9-11-13-15-17-19-21-23-25-27-30-34(4)32-28-31-33(3)29-26-24-22-20-18-16-14-12-10-8-6-2/h33-34H,5-32H2,1-4H3. The second kappa shape index (κ2) is 29.2. The molecular weight excluding hydrogens is 408 g/mol. The van der Waals surface area contributed by atoms with Crippen LogP contribution >= 0.6 is 0 Å². The molecule has 34 heavy (non-hydrogen) atoms. The number of rotatable bonds is 29. The molecule has 0 aliphatic rings. The number of hydrogen-bond donors (Lipinski definition) is 0. The van der Waals surface area contributed by atoms with Gasteiger partial charge in [-0.1, -0.05) is 207 Å². The van der Waals surface area contributed by atoms with Crippen LogP contribution in [0.1, 0.15) is 207 Å². The molecule has 0 bridgehead atoms. The summed E-state index contributed by atoms with van der Waals surface area (Å²) in [6.07, 6.45) is 41.1. The first-order valence-corrected chi connectivity index (χ1v) is 16.7. The third-order valence-corrected chi connectivity index (χ3v) is 8.24. The van der Waals surface area contributed by atoms with Crippen molar-refractivity contribution in [1.82, 2.24) is 0 Å². The Hall–Kier alpha value is 0. The summed E-state index contributed by atoms with van der Waals surface area (Å²) in [6, 6.07) is 0. The zero-order chi connectivity index (χ0) is 25.0. The van der Waals surface area contributed by atoms with E-state index in [9.17, 15) is 0 Å². The Kier molecular flexibility index (Phi) is 29.2. The van der Waals surface area contributed by atoms with E-state index in [2.05, 4.69) is 27.7 Å². The summed E-state index contributed by atoms with van der Waals surface area (Å²) in [5.74, 6) is 1.91. The van der Waals surface area contributed by atoms with Crippen LogP contribution in [-0.2, 0) is 0 Å². The van der Waals surface area contributed by atoms with Gasteiger partial charge in [-0.15, -0.1) is 0 Å². The van der Waals surface area contributed by atoms with Crippen LogP contribution in [0.15, 0.2) is 0 Å². The third kappa shape index (κ3) is 28.2. The number of hydrogen-bond acceptors (Lipinski definition) is 0. The average molecular weight is 479 g/mol. The normalized spacial score (nSPS) is 13.4. The number of unbranched alkanes of at least 4 members (excludes halogenated alkanes) is 21. The summed E-state index contributed by atoms with van der Waals surface area (Å²) in [5.41, 5.74) is 0. The maximum atomic E-state index is 2.51. The zero-order valence-corrected chi connectivity index (χ0v) is 25.0. The molecule has 2 unspecified atom stereocenters. The molecule has 0 saturated carbocycles. The lowest BCUT2D eigenvalue weighted by Gasteiger charge is -2.14. The molecule has 0 N–H and O–H groups in total. The fourth-order valence-electron chi connectivity index (χ4n) is 5.59. The summed E-state index contributed by atoms with van der Waals surface area (Å²) in [6.45, 7) is 9.63. The van der Waals surface area contributed by atoms with E-state index in [1.54, 1.807) is 0 Å². The Morgan fingerprint density at radius 2 is 0.471 bits per heavy atom. The van der Waals surface area contributed by atoms with Gasteiger partial charge in [0.05, 0.1) is 0 Å². The Morgan fingerprint density at radius 1 is 0.265 bits per heavy atom. The van der Waals surface area contributed by atoms with Gasteiger partial charge in [-0.3, -0.25) is 0 Å². The minimum atomic E-state index is 0.956. The molecule has 0 aliphatic heterocycles. The molecular formula is C34H70. The van der Waals surface area contributed by atoms with Crippen LogP contribution in [0.4, 0.5) is 0 Å². The van der Waals surface area contributed by atoms with Gasteiger partial charge >= 0.3 is 0 Å². The largest absolute Gasteiger partial charge is 0.0654 e. The molecule has 0 amide bonds. The third-order valence-electron chi connectivity index (χ3n) is 8.24. The average Bonchev–Trinajstić information content (AvgIpc) is 2.83. The minimum absolute atomic E-state index is 0.956. The first-order chi connectivity index (χ1) is 16.7. The molecule has 0 heterocycles. The van der Waals surface area contributed by atoms with Gasteiger partial charge in [-0.25, -0.2) is 0 Å². The van der Waals surface area contributed by atoms with Crippen LogP contribution in [0.5, 0.6) is 0 Å². The van der Waals surface area contributed by atoms with Crippen molar-refractivity contribution >= 4 is 0 Å². The fourth-order valence-corrected chi connectivity index (χ4v) is 5.59. The van der Waals surface area contributed by atoms with E-state index in [1.165, 1.54) is 180 Å². The minimum Gasteiger partial charge on any atom is -0.0654 e. The summed E-state index contributed by atoms with van der Waals surface area (Å²) in [4.78, 5) is 0. The van der Waals surface area contributed by atoms with E-state index in [1.807, 2.05) is 0 Å². The molecule has 0 nitrogen and oxygen atoms in total. The highest BCUT2D eigenvalue weighted by atomic mass is 14.1. The molecule has 0 aromatic carbocycles. The van der Waals surface area contributed by atoms with Gasteiger partial charge in [0.1, 0.15) is 0 Å². The lowest BCUT2D eigenvalue weighted by molar-refractivity contribution is 0.390. The van der Waals surface area contributed by atoms with E-state index in [0.29, 0.717) is 0 Å². The molecule has 0 rings (SSSR count). The maximum Gasteiger partial charge on any atom is -0.0443 e. The van der Waals surface area contributed by atoms with Gasteiger partial charge in [0, 0.05) is 0 Å². The van der Waals surface area contributed by atoms with Crippen molar-refractivity contribution < 1.29 is 0 Å². The van der Waals surface area contributed by atoms with E-state index in [0.717, 1.165) is 11.8 Å². The Labute approximate surface area is 219 Å². The zero-order valence-electron chi connectivity index (χ0n) is 25.0. The molecule has 0 aromatic rings. The van der Waals surface area contributed by atoms with Crippen LogP contribution in [0.2, 0.25) is 0 Å². The first-order valence-electron chi connectivity index (χ1n) is 16.7. The van der Waals surface area contributed by atoms with Crippen molar-refractivity contribution in [3.05, 3.63) is 0 Å². The predicted molar refractivity (Wildman–Crippen MR) is 159 cm³/mol. The molecule has 0 fully saturated rings. The van der Waals surface area contributed by atoms with Crippen LogP contribution in [0.3, 0.4) is 0 Å². The van der Waals surface area contributed by atoms with Crippen molar-refractivity contribution in [2.24, 2.45) is 11.8 Å². The van der Waals surface area contributed by atoms with Gasteiger partial charge in [-0.05, 0) is 11.8 Å². The summed E-state index contributed by atoms with van der Waals surface area (Å²) >= 11 is 0. The van der Waals surface area contributed by atoms with Gasteiger partial charge in [0.15, 0.2) is 0 Å². The molecule has 0 spiro atoms. The van der Waals surface area contributed by atoms with Crippen LogP contribution < -0.4 is 0 Å². The van der Waals surface area contributed by atoms with Gasteiger partial charge in [0.25, 0.3) is 0 Å². The summed E-state index contributed by atoms with van der Waals surface area (Å²) < 4.78 is 0. The quantitative estimate of drug-likeness (QED) is 0.0937. The van der Waals surface area contributed by atoms with Crippen LogP contribution in [0, 0.1) is 11.8 Å². The van der Waals surface area contributed by atoms with Crippen LogP contribution in [-0.4, -0.2) is 0 Å². The van der Waals surface area contributed by atoms with Crippen molar-refractivity contribution in [3.63, 3.8) is 0 Å².